The van der Waals surface area contributed by atoms with Gasteiger partial charge in [0.15, 0.2) is 5.11 Å². The molecule has 0 spiro atoms. The van der Waals surface area contributed by atoms with Crippen LogP contribution in [0.5, 0.6) is 0 Å². The second-order valence-electron chi connectivity index (χ2n) is 4.67. The van der Waals surface area contributed by atoms with Gasteiger partial charge in [-0.1, -0.05) is 12.1 Å². The molecule has 0 aliphatic rings. The standard InChI is InChI=1S/C15H14FN5S/c16-10-4-3-8-17-11(10)7-9-18-15(22)21-14-19-12-5-1-2-6-13(12)20-14/h1-6,8H,7,9H2,(H3,18,19,20,21,22). The molecule has 0 amide bonds. The van der Waals surface area contributed by atoms with Crippen LogP contribution in [0, 0.1) is 5.82 Å². The highest BCUT2D eigenvalue weighted by molar-refractivity contribution is 7.80. The summed E-state index contributed by atoms with van der Waals surface area (Å²) in [6.07, 6.45) is 2.03. The van der Waals surface area contributed by atoms with E-state index in [1.54, 1.807) is 12.3 Å². The Balaban J connectivity index is 1.53. The number of H-pyrrole nitrogens is 1. The number of aromatic nitrogens is 3. The van der Waals surface area contributed by atoms with Crippen LogP contribution in [0.3, 0.4) is 0 Å². The van der Waals surface area contributed by atoms with E-state index in [0.717, 1.165) is 11.0 Å². The maximum atomic E-state index is 13.4. The van der Waals surface area contributed by atoms with Crippen LogP contribution in [0.1, 0.15) is 5.69 Å². The van der Waals surface area contributed by atoms with Gasteiger partial charge < -0.3 is 15.6 Å². The van der Waals surface area contributed by atoms with Crippen molar-refractivity contribution in [3.63, 3.8) is 0 Å². The Morgan fingerprint density at radius 2 is 2.09 bits per heavy atom. The van der Waals surface area contributed by atoms with Gasteiger partial charge in [0.2, 0.25) is 5.95 Å². The van der Waals surface area contributed by atoms with Gasteiger partial charge >= 0.3 is 0 Å². The number of nitrogens with zero attached hydrogens (tertiary/aromatic N) is 2. The summed E-state index contributed by atoms with van der Waals surface area (Å²) in [4.78, 5) is 11.5. The van der Waals surface area contributed by atoms with Crippen LogP contribution < -0.4 is 10.6 Å². The van der Waals surface area contributed by atoms with E-state index in [2.05, 4.69) is 25.6 Å². The fraction of sp³-hybridized carbons (Fsp3) is 0.133. The third kappa shape index (κ3) is 3.37. The van der Waals surface area contributed by atoms with Crippen molar-refractivity contribution < 1.29 is 4.39 Å². The quantitative estimate of drug-likeness (QED) is 0.646. The largest absolute Gasteiger partial charge is 0.362 e. The lowest BCUT2D eigenvalue weighted by atomic mass is 10.2. The molecule has 5 nitrogen and oxygen atoms in total. The Bertz CT molecular complexity index is 768. The van der Waals surface area contributed by atoms with Crippen LogP contribution in [-0.2, 0) is 6.42 Å². The first-order valence-electron chi connectivity index (χ1n) is 6.81. The predicted molar refractivity (Wildman–Crippen MR) is 88.2 cm³/mol. The van der Waals surface area contributed by atoms with E-state index < -0.39 is 0 Å². The van der Waals surface area contributed by atoms with Gasteiger partial charge in [0.1, 0.15) is 5.82 Å². The van der Waals surface area contributed by atoms with E-state index in [-0.39, 0.29) is 5.82 Å². The number of benzene rings is 1. The number of nitrogens with one attached hydrogen (secondary N) is 3. The Morgan fingerprint density at radius 3 is 2.91 bits per heavy atom. The van der Waals surface area contributed by atoms with Gasteiger partial charge in [-0.25, -0.2) is 9.37 Å². The molecule has 112 valence electrons. The van der Waals surface area contributed by atoms with Crippen molar-refractivity contribution in [2.75, 3.05) is 11.9 Å². The SMILES string of the molecule is Fc1cccnc1CCNC(=S)Nc1nc2ccccc2[nH]1. The van der Waals surface area contributed by atoms with Crippen LogP contribution in [-0.4, -0.2) is 26.6 Å². The number of hydrogen-bond donors (Lipinski definition) is 3. The maximum Gasteiger partial charge on any atom is 0.207 e. The van der Waals surface area contributed by atoms with Gasteiger partial charge in [-0.05, 0) is 36.5 Å². The normalized spacial score (nSPS) is 10.6. The first kappa shape index (κ1) is 14.4. The summed E-state index contributed by atoms with van der Waals surface area (Å²) in [7, 11) is 0. The molecule has 0 aliphatic heterocycles. The third-order valence-corrected chi connectivity index (χ3v) is 3.35. The van der Waals surface area contributed by atoms with E-state index in [1.165, 1.54) is 6.07 Å². The highest BCUT2D eigenvalue weighted by atomic mass is 32.1. The molecule has 0 fully saturated rings. The maximum absolute atomic E-state index is 13.4. The molecular weight excluding hydrogens is 301 g/mol. The van der Waals surface area contributed by atoms with Gasteiger partial charge in [-0.15, -0.1) is 0 Å². The zero-order valence-electron chi connectivity index (χ0n) is 11.6. The molecule has 2 aromatic heterocycles. The van der Waals surface area contributed by atoms with Crippen molar-refractivity contribution in [2.45, 2.75) is 6.42 Å². The molecule has 3 N–H and O–H groups in total. The fourth-order valence-electron chi connectivity index (χ4n) is 2.06. The van der Waals surface area contributed by atoms with Crippen molar-refractivity contribution in [3.05, 3.63) is 54.1 Å². The summed E-state index contributed by atoms with van der Waals surface area (Å²) < 4.78 is 13.4. The number of aromatic amines is 1. The molecule has 7 heteroatoms. The number of rotatable bonds is 4. The minimum absolute atomic E-state index is 0.305. The Labute approximate surface area is 132 Å². The Hall–Kier alpha value is -2.54. The molecule has 3 rings (SSSR count). The zero-order chi connectivity index (χ0) is 15.4. The van der Waals surface area contributed by atoms with E-state index in [4.69, 9.17) is 12.2 Å². The lowest BCUT2D eigenvalue weighted by molar-refractivity contribution is 0.596. The minimum Gasteiger partial charge on any atom is -0.362 e. The minimum atomic E-state index is -0.305. The zero-order valence-corrected chi connectivity index (χ0v) is 12.5. The van der Waals surface area contributed by atoms with Gasteiger partial charge in [0, 0.05) is 19.2 Å². The summed E-state index contributed by atoms with van der Waals surface area (Å²) in [6.45, 7) is 0.486. The molecule has 2 heterocycles. The lowest BCUT2D eigenvalue weighted by Gasteiger charge is -2.08. The van der Waals surface area contributed by atoms with Crippen molar-refractivity contribution in [2.24, 2.45) is 0 Å². The number of halogens is 1. The molecule has 3 aromatic rings. The van der Waals surface area contributed by atoms with E-state index in [0.29, 0.717) is 29.7 Å². The third-order valence-electron chi connectivity index (χ3n) is 3.10. The molecule has 22 heavy (non-hydrogen) atoms. The van der Waals surface area contributed by atoms with Gasteiger partial charge in [0.25, 0.3) is 0 Å². The van der Waals surface area contributed by atoms with E-state index >= 15 is 0 Å². The number of imidazole rings is 1. The van der Waals surface area contributed by atoms with Crippen molar-refractivity contribution >= 4 is 34.3 Å². The van der Waals surface area contributed by atoms with E-state index in [9.17, 15) is 4.39 Å². The Kier molecular flexibility index (Phi) is 4.24. The molecule has 1 aromatic carbocycles. The monoisotopic (exact) mass is 315 g/mol. The number of para-hydroxylation sites is 2. The van der Waals surface area contributed by atoms with E-state index in [1.807, 2.05) is 24.3 Å². The second-order valence-corrected chi connectivity index (χ2v) is 5.07. The average Bonchev–Trinajstić information content (AvgIpc) is 2.91. The molecule has 0 radical (unpaired) electrons. The molecule has 0 aliphatic carbocycles. The summed E-state index contributed by atoms with van der Waals surface area (Å²) >= 11 is 5.19. The summed E-state index contributed by atoms with van der Waals surface area (Å²) in [5.74, 6) is 0.267. The fourth-order valence-corrected chi connectivity index (χ4v) is 2.26. The molecule has 0 saturated heterocycles. The van der Waals surface area contributed by atoms with Crippen LogP contribution in [0.4, 0.5) is 10.3 Å². The van der Waals surface area contributed by atoms with Crippen LogP contribution in [0.15, 0.2) is 42.6 Å². The summed E-state index contributed by atoms with van der Waals surface area (Å²) in [6, 6.07) is 10.7. The smallest absolute Gasteiger partial charge is 0.207 e. The number of anilines is 1. The molecule has 0 atom stereocenters. The summed E-state index contributed by atoms with van der Waals surface area (Å²) in [5, 5.41) is 6.40. The molecule has 0 bridgehead atoms. The second kappa shape index (κ2) is 6.48. The number of pyridine rings is 1. The Morgan fingerprint density at radius 1 is 1.23 bits per heavy atom. The molecular formula is C15H14FN5S. The number of fused-ring (bicyclic) bond motifs is 1. The van der Waals surface area contributed by atoms with Gasteiger partial charge in [-0.3, -0.25) is 4.98 Å². The topological polar surface area (TPSA) is 65.6 Å². The first-order chi connectivity index (χ1) is 10.7. The molecule has 0 saturated carbocycles. The van der Waals surface area contributed by atoms with Gasteiger partial charge in [-0.2, -0.15) is 0 Å². The van der Waals surface area contributed by atoms with Crippen molar-refractivity contribution in [3.8, 4) is 0 Å². The highest BCUT2D eigenvalue weighted by Gasteiger charge is 2.05. The number of hydrogen-bond acceptors (Lipinski definition) is 3. The summed E-state index contributed by atoms with van der Waals surface area (Å²) in [5.41, 5.74) is 2.22. The molecule has 0 unspecified atom stereocenters. The van der Waals surface area contributed by atoms with Crippen molar-refractivity contribution in [1.29, 1.82) is 0 Å². The number of thiocarbonyl (C=S) groups is 1. The highest BCUT2D eigenvalue weighted by Crippen LogP contribution is 2.13. The average molecular weight is 315 g/mol. The predicted octanol–water partition coefficient (Wildman–Crippen LogP) is 2.63. The lowest BCUT2D eigenvalue weighted by Crippen LogP contribution is -2.30. The van der Waals surface area contributed by atoms with Crippen LogP contribution >= 0.6 is 12.2 Å². The van der Waals surface area contributed by atoms with Gasteiger partial charge in [0.05, 0.1) is 16.7 Å². The van der Waals surface area contributed by atoms with Crippen LogP contribution in [0.25, 0.3) is 11.0 Å². The van der Waals surface area contributed by atoms with Crippen molar-refractivity contribution in [1.82, 2.24) is 20.3 Å². The van der Waals surface area contributed by atoms with Crippen LogP contribution in [0.2, 0.25) is 0 Å². The first-order valence-corrected chi connectivity index (χ1v) is 7.22.